The van der Waals surface area contributed by atoms with Crippen LogP contribution in [-0.4, -0.2) is 46.9 Å². The van der Waals surface area contributed by atoms with Gasteiger partial charge in [0, 0.05) is 23.7 Å². The van der Waals surface area contributed by atoms with Crippen LogP contribution in [0.4, 0.5) is 4.79 Å². The summed E-state index contributed by atoms with van der Waals surface area (Å²) in [5.41, 5.74) is 1.77. The first-order chi connectivity index (χ1) is 10.6. The van der Waals surface area contributed by atoms with Gasteiger partial charge in [-0.3, -0.25) is 4.57 Å². The van der Waals surface area contributed by atoms with Gasteiger partial charge in [-0.25, -0.2) is 4.79 Å². The quantitative estimate of drug-likeness (QED) is 0.942. The lowest BCUT2D eigenvalue weighted by Crippen LogP contribution is -2.31. The zero-order chi connectivity index (χ0) is 15.7. The van der Waals surface area contributed by atoms with E-state index in [1.54, 1.807) is 19.4 Å². The molecule has 3 rings (SSSR count). The zero-order valence-corrected chi connectivity index (χ0v) is 13.1. The number of aromatic nitrogens is 1. The third-order valence-electron chi connectivity index (χ3n) is 4.58. The maximum absolute atomic E-state index is 11.5. The van der Waals surface area contributed by atoms with Crippen molar-refractivity contribution in [3.63, 3.8) is 0 Å². The van der Waals surface area contributed by atoms with Crippen molar-refractivity contribution in [1.29, 1.82) is 0 Å². The Kier molecular flexibility index (Phi) is 4.07. The molecule has 2 aromatic rings. The van der Waals surface area contributed by atoms with E-state index >= 15 is 0 Å². The van der Waals surface area contributed by atoms with Crippen LogP contribution in [0.1, 0.15) is 25.3 Å². The maximum atomic E-state index is 11.5. The van der Waals surface area contributed by atoms with E-state index in [9.17, 15) is 9.90 Å². The van der Waals surface area contributed by atoms with Gasteiger partial charge in [-0.2, -0.15) is 0 Å². The molecule has 1 aromatic carbocycles. The standard InChI is InChI=1S/C17H22N2O3/c1-12(18-7-3-4-8-18)9-13-11-19(17(20)21)16-10-14(22-2)5-6-15(13)16/h5-6,10-12H,3-4,7-9H2,1-2H3,(H,20,21). The summed E-state index contributed by atoms with van der Waals surface area (Å²) in [7, 11) is 1.59. The SMILES string of the molecule is COc1ccc2c(CC(C)N3CCCC3)cn(C(=O)O)c2c1. The highest BCUT2D eigenvalue weighted by Crippen LogP contribution is 2.28. The topological polar surface area (TPSA) is 54.7 Å². The van der Waals surface area contributed by atoms with Gasteiger partial charge in [-0.1, -0.05) is 0 Å². The molecule has 1 fully saturated rings. The summed E-state index contributed by atoms with van der Waals surface area (Å²) in [5.74, 6) is 0.673. The van der Waals surface area contributed by atoms with Crippen LogP contribution in [-0.2, 0) is 6.42 Å². The molecule has 118 valence electrons. The number of carbonyl (C=O) groups is 1. The Balaban J connectivity index is 1.96. The van der Waals surface area contributed by atoms with Crippen molar-refractivity contribution in [2.75, 3.05) is 20.2 Å². The van der Waals surface area contributed by atoms with Gasteiger partial charge in [0.1, 0.15) is 5.75 Å². The van der Waals surface area contributed by atoms with Crippen LogP contribution in [0.3, 0.4) is 0 Å². The Morgan fingerprint density at radius 2 is 2.09 bits per heavy atom. The average Bonchev–Trinajstić information content (AvgIpc) is 3.14. The van der Waals surface area contributed by atoms with Gasteiger partial charge in [-0.05, 0) is 57.0 Å². The molecule has 0 spiro atoms. The van der Waals surface area contributed by atoms with E-state index in [2.05, 4.69) is 11.8 Å². The summed E-state index contributed by atoms with van der Waals surface area (Å²) >= 11 is 0. The van der Waals surface area contributed by atoms with Crippen LogP contribution in [0.25, 0.3) is 10.9 Å². The second-order valence-corrected chi connectivity index (χ2v) is 5.99. The molecule has 0 amide bonds. The summed E-state index contributed by atoms with van der Waals surface area (Å²) in [6.07, 6.45) is 4.18. The molecule has 1 saturated heterocycles. The molecule has 1 atom stereocenters. The second-order valence-electron chi connectivity index (χ2n) is 5.99. The molecule has 0 radical (unpaired) electrons. The van der Waals surface area contributed by atoms with Crippen molar-refractivity contribution in [3.05, 3.63) is 30.0 Å². The first kappa shape index (κ1) is 14.9. The molecule has 1 aromatic heterocycles. The van der Waals surface area contributed by atoms with E-state index in [0.717, 1.165) is 30.5 Å². The van der Waals surface area contributed by atoms with Gasteiger partial charge in [0.05, 0.1) is 12.6 Å². The minimum absolute atomic E-state index is 0.428. The van der Waals surface area contributed by atoms with Crippen LogP contribution in [0.15, 0.2) is 24.4 Å². The summed E-state index contributed by atoms with van der Waals surface area (Å²) < 4.78 is 6.51. The molecule has 0 saturated carbocycles. The number of rotatable bonds is 4. The number of hydrogen-bond donors (Lipinski definition) is 1. The second kappa shape index (κ2) is 6.01. The summed E-state index contributed by atoms with van der Waals surface area (Å²) in [5, 5.41) is 10.4. The zero-order valence-electron chi connectivity index (χ0n) is 13.1. The Morgan fingerprint density at radius 1 is 1.36 bits per heavy atom. The fourth-order valence-electron chi connectivity index (χ4n) is 3.35. The summed E-state index contributed by atoms with van der Waals surface area (Å²) in [6, 6.07) is 6.06. The van der Waals surface area contributed by atoms with Gasteiger partial charge < -0.3 is 14.7 Å². The number of likely N-dealkylation sites (tertiary alicyclic amines) is 1. The monoisotopic (exact) mass is 302 g/mol. The van der Waals surface area contributed by atoms with Crippen molar-refractivity contribution in [3.8, 4) is 5.75 Å². The van der Waals surface area contributed by atoms with Crippen LogP contribution in [0.2, 0.25) is 0 Å². The Hall–Kier alpha value is -2.01. The van der Waals surface area contributed by atoms with E-state index in [4.69, 9.17) is 4.74 Å². The predicted octanol–water partition coefficient (Wildman–Crippen LogP) is 3.20. The van der Waals surface area contributed by atoms with E-state index in [1.165, 1.54) is 17.4 Å². The molecule has 0 aliphatic carbocycles. The van der Waals surface area contributed by atoms with Crippen LogP contribution >= 0.6 is 0 Å². The Labute approximate surface area is 130 Å². The van der Waals surface area contributed by atoms with Crippen molar-refractivity contribution in [1.82, 2.24) is 9.47 Å². The highest BCUT2D eigenvalue weighted by molar-refractivity contribution is 5.92. The van der Waals surface area contributed by atoms with Crippen molar-refractivity contribution in [2.24, 2.45) is 0 Å². The van der Waals surface area contributed by atoms with Gasteiger partial charge in [0.15, 0.2) is 0 Å². The molecule has 5 nitrogen and oxygen atoms in total. The fraction of sp³-hybridized carbons (Fsp3) is 0.471. The lowest BCUT2D eigenvalue weighted by atomic mass is 10.1. The average molecular weight is 302 g/mol. The molecule has 1 N–H and O–H groups in total. The van der Waals surface area contributed by atoms with E-state index in [-0.39, 0.29) is 0 Å². The molecular formula is C17H22N2O3. The van der Waals surface area contributed by atoms with Crippen LogP contribution in [0.5, 0.6) is 5.75 Å². The number of carboxylic acid groups (broad SMARTS) is 1. The normalized spacial score (nSPS) is 17.0. The van der Waals surface area contributed by atoms with Gasteiger partial charge in [-0.15, -0.1) is 0 Å². The summed E-state index contributed by atoms with van der Waals surface area (Å²) in [6.45, 7) is 4.51. The molecular weight excluding hydrogens is 280 g/mol. The Morgan fingerprint density at radius 3 is 2.73 bits per heavy atom. The molecule has 0 bridgehead atoms. The fourth-order valence-corrected chi connectivity index (χ4v) is 3.35. The molecule has 22 heavy (non-hydrogen) atoms. The van der Waals surface area contributed by atoms with E-state index < -0.39 is 6.09 Å². The molecule has 5 heteroatoms. The molecule has 1 aliphatic rings. The first-order valence-electron chi connectivity index (χ1n) is 7.75. The van der Waals surface area contributed by atoms with Crippen molar-refractivity contribution >= 4 is 17.0 Å². The third-order valence-corrected chi connectivity index (χ3v) is 4.58. The predicted molar refractivity (Wildman–Crippen MR) is 85.9 cm³/mol. The maximum Gasteiger partial charge on any atom is 0.416 e. The molecule has 2 heterocycles. The smallest absolute Gasteiger partial charge is 0.416 e. The van der Waals surface area contributed by atoms with Crippen LogP contribution in [0, 0.1) is 0 Å². The number of nitrogens with zero attached hydrogens (tertiary/aromatic N) is 2. The van der Waals surface area contributed by atoms with Gasteiger partial charge >= 0.3 is 6.09 Å². The van der Waals surface area contributed by atoms with Crippen LogP contribution < -0.4 is 4.74 Å². The van der Waals surface area contributed by atoms with Gasteiger partial charge in [0.2, 0.25) is 0 Å². The van der Waals surface area contributed by atoms with Gasteiger partial charge in [0.25, 0.3) is 0 Å². The summed E-state index contributed by atoms with van der Waals surface area (Å²) in [4.78, 5) is 14.0. The lowest BCUT2D eigenvalue weighted by Gasteiger charge is -2.23. The van der Waals surface area contributed by atoms with Crippen molar-refractivity contribution < 1.29 is 14.6 Å². The largest absolute Gasteiger partial charge is 0.497 e. The van der Waals surface area contributed by atoms with Crippen molar-refractivity contribution in [2.45, 2.75) is 32.2 Å². The highest BCUT2D eigenvalue weighted by Gasteiger charge is 2.21. The molecule has 1 aliphatic heterocycles. The highest BCUT2D eigenvalue weighted by atomic mass is 16.5. The lowest BCUT2D eigenvalue weighted by molar-refractivity contribution is 0.197. The Bertz CT molecular complexity index is 687. The third kappa shape index (κ3) is 2.68. The van der Waals surface area contributed by atoms with E-state index in [1.807, 2.05) is 12.1 Å². The number of methoxy groups -OCH3 is 1. The first-order valence-corrected chi connectivity index (χ1v) is 7.75. The number of benzene rings is 1. The number of hydrogen-bond acceptors (Lipinski definition) is 3. The minimum atomic E-state index is -0.960. The van der Waals surface area contributed by atoms with E-state index in [0.29, 0.717) is 17.3 Å². The number of fused-ring (bicyclic) bond motifs is 1. The molecule has 1 unspecified atom stereocenters. The minimum Gasteiger partial charge on any atom is -0.497 e. The number of ether oxygens (including phenoxy) is 1.